The van der Waals surface area contributed by atoms with Gasteiger partial charge in [-0.3, -0.25) is 0 Å². The number of urea groups is 1. The number of rotatable bonds is 5. The number of carbonyl (C=O) groups is 1. The summed E-state index contributed by atoms with van der Waals surface area (Å²) in [5.74, 6) is 0. The van der Waals surface area contributed by atoms with Gasteiger partial charge >= 0.3 is 6.03 Å². The van der Waals surface area contributed by atoms with Gasteiger partial charge in [0.1, 0.15) is 0 Å². The zero-order valence-corrected chi connectivity index (χ0v) is 7.82. The molecule has 0 aliphatic rings. The number of primary amides is 1. The predicted octanol–water partition coefficient (Wildman–Crippen LogP) is 0.387. The lowest BCUT2D eigenvalue weighted by atomic mass is 10.3. The molecule has 0 heterocycles. The van der Waals surface area contributed by atoms with E-state index in [4.69, 9.17) is 17.3 Å². The third-order valence-corrected chi connectivity index (χ3v) is 1.56. The number of amides is 2. The average Bonchev–Trinajstić information content (AvgIpc) is 2.03. The van der Waals surface area contributed by atoms with Gasteiger partial charge in [-0.25, -0.2) is 4.79 Å². The molecule has 4 nitrogen and oxygen atoms in total. The van der Waals surface area contributed by atoms with Crippen molar-refractivity contribution in [1.82, 2.24) is 10.6 Å². The molecule has 0 aliphatic heterocycles. The summed E-state index contributed by atoms with van der Waals surface area (Å²) in [7, 11) is 0. The fourth-order valence-electron chi connectivity index (χ4n) is 0.598. The van der Waals surface area contributed by atoms with Gasteiger partial charge in [0.2, 0.25) is 0 Å². The first-order chi connectivity index (χ1) is 5.66. The first kappa shape index (κ1) is 11.3. The molecule has 0 spiro atoms. The average molecular weight is 192 g/mol. The Balaban J connectivity index is 3.16. The highest BCUT2D eigenvalue weighted by Gasteiger charge is 1.90. The van der Waals surface area contributed by atoms with Crippen LogP contribution in [0.3, 0.4) is 0 Å². The molecule has 70 valence electrons. The van der Waals surface area contributed by atoms with Gasteiger partial charge in [0.05, 0.1) is 0 Å². The van der Waals surface area contributed by atoms with Gasteiger partial charge in [-0.1, -0.05) is 11.6 Å². The number of nitrogens with one attached hydrogen (secondary N) is 2. The molecule has 5 heteroatoms. The quantitative estimate of drug-likeness (QED) is 0.551. The van der Waals surface area contributed by atoms with Gasteiger partial charge in [0, 0.05) is 25.2 Å². The van der Waals surface area contributed by atoms with Crippen LogP contribution in [0.25, 0.3) is 0 Å². The molecular weight excluding hydrogens is 178 g/mol. The van der Waals surface area contributed by atoms with Crippen LogP contribution in [0.15, 0.2) is 11.1 Å². The van der Waals surface area contributed by atoms with Gasteiger partial charge in [0.25, 0.3) is 0 Å². The van der Waals surface area contributed by atoms with E-state index in [9.17, 15) is 4.79 Å². The minimum Gasteiger partial charge on any atom is -0.352 e. The lowest BCUT2D eigenvalue weighted by molar-refractivity contribution is 0.249. The molecule has 12 heavy (non-hydrogen) atoms. The first-order valence-electron chi connectivity index (χ1n) is 3.66. The van der Waals surface area contributed by atoms with Gasteiger partial charge < -0.3 is 16.4 Å². The van der Waals surface area contributed by atoms with Crippen molar-refractivity contribution in [3.63, 3.8) is 0 Å². The Bertz CT molecular complexity index is 170. The number of hydrogen-bond donors (Lipinski definition) is 3. The lowest BCUT2D eigenvalue weighted by Gasteiger charge is -2.04. The summed E-state index contributed by atoms with van der Waals surface area (Å²) in [6.07, 6.45) is 0. The minimum atomic E-state index is -0.499. The minimum absolute atomic E-state index is 0.499. The van der Waals surface area contributed by atoms with E-state index >= 15 is 0 Å². The molecule has 4 N–H and O–H groups in total. The van der Waals surface area contributed by atoms with Crippen molar-refractivity contribution in [1.29, 1.82) is 0 Å². The molecule has 0 aromatic heterocycles. The third kappa shape index (κ3) is 7.37. The van der Waals surface area contributed by atoms with Gasteiger partial charge in [-0.15, -0.1) is 0 Å². The molecular formula is C7H14ClN3O. The topological polar surface area (TPSA) is 67.2 Å². The number of halogens is 1. The van der Waals surface area contributed by atoms with Crippen LogP contribution in [0.1, 0.15) is 6.92 Å². The molecule has 0 saturated carbocycles. The Hall–Kier alpha value is -0.740. The van der Waals surface area contributed by atoms with Crippen LogP contribution in [0.2, 0.25) is 0 Å². The van der Waals surface area contributed by atoms with Crippen molar-refractivity contribution in [2.45, 2.75) is 6.92 Å². The summed E-state index contributed by atoms with van der Waals surface area (Å²) in [6, 6.07) is -0.499. The lowest BCUT2D eigenvalue weighted by Crippen LogP contribution is -2.35. The Morgan fingerprint density at radius 2 is 2.25 bits per heavy atom. The molecule has 0 rings (SSSR count). The van der Waals surface area contributed by atoms with Gasteiger partial charge in [-0.2, -0.15) is 0 Å². The second-order valence-corrected chi connectivity index (χ2v) is 2.64. The first-order valence-corrected chi connectivity index (χ1v) is 4.10. The van der Waals surface area contributed by atoms with Crippen molar-refractivity contribution in [2.24, 2.45) is 5.73 Å². The van der Waals surface area contributed by atoms with E-state index < -0.39 is 6.03 Å². The summed E-state index contributed by atoms with van der Waals surface area (Å²) < 4.78 is 0. The highest BCUT2D eigenvalue weighted by Crippen LogP contribution is 1.90. The number of carbonyl (C=O) groups excluding carboxylic acids is 1. The highest BCUT2D eigenvalue weighted by atomic mass is 35.5. The number of nitrogens with two attached hydrogens (primary N) is 1. The van der Waals surface area contributed by atoms with Crippen molar-refractivity contribution < 1.29 is 4.79 Å². The Morgan fingerprint density at radius 3 is 2.75 bits per heavy atom. The van der Waals surface area contributed by atoms with Crippen LogP contribution in [0, 0.1) is 0 Å². The van der Waals surface area contributed by atoms with E-state index in [0.717, 1.165) is 12.1 Å². The van der Waals surface area contributed by atoms with Crippen LogP contribution >= 0.6 is 11.6 Å². The molecule has 0 fully saturated rings. The van der Waals surface area contributed by atoms with Crippen molar-refractivity contribution in [3.05, 3.63) is 11.1 Å². The summed E-state index contributed by atoms with van der Waals surface area (Å²) in [5, 5.41) is 5.53. The van der Waals surface area contributed by atoms with Crippen LogP contribution < -0.4 is 16.4 Å². The molecule has 0 aromatic rings. The third-order valence-electron chi connectivity index (χ3n) is 1.19. The SMILES string of the molecule is CC(=CCl)CNCCNC(N)=O. The second kappa shape index (κ2) is 6.94. The monoisotopic (exact) mass is 191 g/mol. The van der Waals surface area contributed by atoms with E-state index in [1.807, 2.05) is 6.92 Å². The Kier molecular flexibility index (Phi) is 6.51. The summed E-state index contributed by atoms with van der Waals surface area (Å²) in [4.78, 5) is 10.2. The van der Waals surface area contributed by atoms with Crippen LogP contribution in [0.5, 0.6) is 0 Å². The Labute approximate surface area is 77.1 Å². The summed E-state index contributed by atoms with van der Waals surface area (Å²) in [5.41, 5.74) is 7.42. The van der Waals surface area contributed by atoms with Crippen LogP contribution in [-0.2, 0) is 0 Å². The second-order valence-electron chi connectivity index (χ2n) is 2.42. The zero-order valence-electron chi connectivity index (χ0n) is 7.06. The van der Waals surface area contributed by atoms with Crippen molar-refractivity contribution >= 4 is 17.6 Å². The van der Waals surface area contributed by atoms with Crippen molar-refractivity contribution in [2.75, 3.05) is 19.6 Å². The molecule has 0 saturated heterocycles. The molecule has 0 aliphatic carbocycles. The maximum atomic E-state index is 10.2. The molecule has 0 radical (unpaired) electrons. The fourth-order valence-corrected chi connectivity index (χ4v) is 0.675. The van der Waals surface area contributed by atoms with Crippen LogP contribution in [-0.4, -0.2) is 25.7 Å². The van der Waals surface area contributed by atoms with Crippen LogP contribution in [0.4, 0.5) is 4.79 Å². The summed E-state index contributed by atoms with van der Waals surface area (Å²) in [6.45, 7) is 3.86. The highest BCUT2D eigenvalue weighted by molar-refractivity contribution is 6.25. The molecule has 0 bridgehead atoms. The van der Waals surface area contributed by atoms with Gasteiger partial charge in [0.15, 0.2) is 0 Å². The van der Waals surface area contributed by atoms with E-state index in [1.165, 1.54) is 5.54 Å². The van der Waals surface area contributed by atoms with E-state index in [2.05, 4.69) is 10.6 Å². The van der Waals surface area contributed by atoms with Gasteiger partial charge in [-0.05, 0) is 12.5 Å². The molecule has 0 atom stereocenters. The normalized spacial score (nSPS) is 11.3. The van der Waals surface area contributed by atoms with Crippen molar-refractivity contribution in [3.8, 4) is 0 Å². The number of hydrogen-bond acceptors (Lipinski definition) is 2. The van der Waals surface area contributed by atoms with E-state index in [1.54, 1.807) is 0 Å². The predicted molar refractivity (Wildman–Crippen MR) is 50.1 cm³/mol. The molecule has 2 amide bonds. The maximum Gasteiger partial charge on any atom is 0.312 e. The van der Waals surface area contributed by atoms with E-state index in [0.29, 0.717) is 13.1 Å². The van der Waals surface area contributed by atoms with E-state index in [-0.39, 0.29) is 0 Å². The Morgan fingerprint density at radius 1 is 1.58 bits per heavy atom. The molecule has 0 unspecified atom stereocenters. The zero-order chi connectivity index (χ0) is 9.40. The standard InChI is InChI=1S/C7H14ClN3O/c1-6(4-8)5-10-2-3-11-7(9)12/h4,10H,2-3,5H2,1H3,(H3,9,11,12). The maximum absolute atomic E-state index is 10.2. The molecule has 0 aromatic carbocycles. The fraction of sp³-hybridized carbons (Fsp3) is 0.571. The smallest absolute Gasteiger partial charge is 0.312 e. The largest absolute Gasteiger partial charge is 0.352 e. The summed E-state index contributed by atoms with van der Waals surface area (Å²) >= 11 is 5.42.